The summed E-state index contributed by atoms with van der Waals surface area (Å²) in [6.07, 6.45) is 5.13. The zero-order valence-electron chi connectivity index (χ0n) is 7.81. The third-order valence-electron chi connectivity index (χ3n) is 1.90. The zero-order valence-corrected chi connectivity index (χ0v) is 7.81. The van der Waals surface area contributed by atoms with E-state index in [1.807, 2.05) is 13.0 Å². The minimum absolute atomic E-state index is 0.0800. The van der Waals surface area contributed by atoms with Gasteiger partial charge in [0.2, 0.25) is 0 Å². The molecule has 3 N–H and O–H groups in total. The van der Waals surface area contributed by atoms with Crippen LogP contribution in [-0.2, 0) is 0 Å². The first-order chi connectivity index (χ1) is 6.77. The first-order valence-electron chi connectivity index (χ1n) is 4.35. The number of hydrogen-bond acceptors (Lipinski definition) is 4. The summed E-state index contributed by atoms with van der Waals surface area (Å²) < 4.78 is 0. The van der Waals surface area contributed by atoms with Crippen LogP contribution < -0.4 is 5.73 Å². The van der Waals surface area contributed by atoms with Crippen LogP contribution in [-0.4, -0.2) is 20.2 Å². The highest BCUT2D eigenvalue weighted by Gasteiger charge is 2.05. The molecular formula is C9H11N5. The van der Waals surface area contributed by atoms with E-state index in [-0.39, 0.29) is 6.04 Å². The lowest BCUT2D eigenvalue weighted by Gasteiger charge is -2.04. The van der Waals surface area contributed by atoms with Crippen LogP contribution in [0, 0.1) is 0 Å². The molecule has 0 saturated carbocycles. The minimum atomic E-state index is -0.0800. The molecule has 0 aliphatic heterocycles. The smallest absolute Gasteiger partial charge is 0.162 e. The molecule has 2 aromatic heterocycles. The number of aromatic nitrogens is 4. The lowest BCUT2D eigenvalue weighted by atomic mass is 10.2. The molecule has 0 amide bonds. The standard InChI is InChI=1S/C9H11N5/c1-6(10)8-2-3-11-9(14-8)7-4-12-13-5-7/h2-6H,10H2,1H3,(H,12,13). The van der Waals surface area contributed by atoms with Gasteiger partial charge in [-0.25, -0.2) is 9.97 Å². The molecule has 0 spiro atoms. The van der Waals surface area contributed by atoms with Crippen LogP contribution in [0.4, 0.5) is 0 Å². The van der Waals surface area contributed by atoms with E-state index < -0.39 is 0 Å². The van der Waals surface area contributed by atoms with Crippen molar-refractivity contribution in [2.45, 2.75) is 13.0 Å². The van der Waals surface area contributed by atoms with Crippen molar-refractivity contribution in [2.75, 3.05) is 0 Å². The van der Waals surface area contributed by atoms with Gasteiger partial charge in [0, 0.05) is 18.4 Å². The second-order valence-corrected chi connectivity index (χ2v) is 3.08. The predicted octanol–water partition coefficient (Wildman–Crippen LogP) is 0.886. The monoisotopic (exact) mass is 189 g/mol. The van der Waals surface area contributed by atoms with E-state index >= 15 is 0 Å². The van der Waals surface area contributed by atoms with Crippen LogP contribution in [0.2, 0.25) is 0 Å². The molecule has 0 aliphatic carbocycles. The van der Waals surface area contributed by atoms with Crippen LogP contribution in [0.25, 0.3) is 11.4 Å². The fourth-order valence-electron chi connectivity index (χ4n) is 1.14. The summed E-state index contributed by atoms with van der Waals surface area (Å²) in [5, 5.41) is 6.55. The average Bonchev–Trinajstić information content (AvgIpc) is 2.71. The Labute approximate surface area is 81.4 Å². The van der Waals surface area contributed by atoms with Crippen LogP contribution in [0.15, 0.2) is 24.7 Å². The molecule has 14 heavy (non-hydrogen) atoms. The summed E-state index contributed by atoms with van der Waals surface area (Å²) in [4.78, 5) is 8.46. The Morgan fingerprint density at radius 1 is 1.50 bits per heavy atom. The van der Waals surface area contributed by atoms with Crippen molar-refractivity contribution < 1.29 is 0 Å². The largest absolute Gasteiger partial charge is 0.323 e. The van der Waals surface area contributed by atoms with Gasteiger partial charge in [0.05, 0.1) is 17.5 Å². The number of nitrogens with two attached hydrogens (primary N) is 1. The number of H-pyrrole nitrogens is 1. The zero-order chi connectivity index (χ0) is 9.97. The highest BCUT2D eigenvalue weighted by molar-refractivity contribution is 5.51. The third kappa shape index (κ3) is 1.62. The topological polar surface area (TPSA) is 80.5 Å². The van der Waals surface area contributed by atoms with Crippen molar-refractivity contribution in [3.05, 3.63) is 30.4 Å². The van der Waals surface area contributed by atoms with Crippen molar-refractivity contribution in [2.24, 2.45) is 5.73 Å². The second kappa shape index (κ2) is 3.55. The minimum Gasteiger partial charge on any atom is -0.323 e. The first-order valence-corrected chi connectivity index (χ1v) is 4.35. The van der Waals surface area contributed by atoms with Crippen molar-refractivity contribution in [1.29, 1.82) is 0 Å². The predicted molar refractivity (Wildman–Crippen MR) is 52.2 cm³/mol. The van der Waals surface area contributed by atoms with Crippen LogP contribution >= 0.6 is 0 Å². The summed E-state index contributed by atoms with van der Waals surface area (Å²) in [5.74, 6) is 0.647. The molecule has 1 atom stereocenters. The van der Waals surface area contributed by atoms with E-state index in [9.17, 15) is 0 Å². The summed E-state index contributed by atoms with van der Waals surface area (Å²) in [6, 6.07) is 1.73. The van der Waals surface area contributed by atoms with Gasteiger partial charge in [-0.1, -0.05) is 0 Å². The lowest BCUT2D eigenvalue weighted by Crippen LogP contribution is -2.08. The Bertz CT molecular complexity index is 407. The number of hydrogen-bond donors (Lipinski definition) is 2. The van der Waals surface area contributed by atoms with E-state index in [4.69, 9.17) is 5.73 Å². The molecular weight excluding hydrogens is 178 g/mol. The Morgan fingerprint density at radius 3 is 3.00 bits per heavy atom. The Balaban J connectivity index is 2.41. The number of nitrogens with one attached hydrogen (secondary N) is 1. The molecule has 2 heterocycles. The maximum absolute atomic E-state index is 5.72. The molecule has 1 unspecified atom stereocenters. The van der Waals surface area contributed by atoms with E-state index in [0.29, 0.717) is 5.82 Å². The molecule has 0 aromatic carbocycles. The normalized spacial score (nSPS) is 12.7. The van der Waals surface area contributed by atoms with Crippen molar-refractivity contribution >= 4 is 0 Å². The van der Waals surface area contributed by atoms with Gasteiger partial charge in [-0.15, -0.1) is 0 Å². The molecule has 2 rings (SSSR count). The number of nitrogens with zero attached hydrogens (tertiary/aromatic N) is 3. The van der Waals surface area contributed by atoms with Gasteiger partial charge in [-0.3, -0.25) is 5.10 Å². The van der Waals surface area contributed by atoms with Crippen molar-refractivity contribution in [3.8, 4) is 11.4 Å². The quantitative estimate of drug-likeness (QED) is 0.735. The van der Waals surface area contributed by atoms with Gasteiger partial charge in [0.15, 0.2) is 5.82 Å². The highest BCUT2D eigenvalue weighted by Crippen LogP contribution is 2.13. The lowest BCUT2D eigenvalue weighted by molar-refractivity contribution is 0.776. The summed E-state index contributed by atoms with van der Waals surface area (Å²) in [6.45, 7) is 1.89. The Hall–Kier alpha value is -1.75. The van der Waals surface area contributed by atoms with Gasteiger partial charge in [-0.05, 0) is 13.0 Å². The average molecular weight is 189 g/mol. The van der Waals surface area contributed by atoms with Crippen molar-refractivity contribution in [1.82, 2.24) is 20.2 Å². The summed E-state index contributed by atoms with van der Waals surface area (Å²) in [5.41, 5.74) is 7.42. The maximum Gasteiger partial charge on any atom is 0.162 e. The molecule has 0 radical (unpaired) electrons. The van der Waals surface area contributed by atoms with Gasteiger partial charge < -0.3 is 5.73 Å². The molecule has 0 saturated heterocycles. The van der Waals surface area contributed by atoms with E-state index in [1.165, 1.54) is 0 Å². The van der Waals surface area contributed by atoms with Crippen LogP contribution in [0.1, 0.15) is 18.7 Å². The fraction of sp³-hybridized carbons (Fsp3) is 0.222. The van der Waals surface area contributed by atoms with Gasteiger partial charge >= 0.3 is 0 Å². The molecule has 0 fully saturated rings. The van der Waals surface area contributed by atoms with E-state index in [2.05, 4.69) is 20.2 Å². The summed E-state index contributed by atoms with van der Waals surface area (Å²) in [7, 11) is 0. The van der Waals surface area contributed by atoms with Crippen LogP contribution in [0.3, 0.4) is 0 Å². The third-order valence-corrected chi connectivity index (χ3v) is 1.90. The SMILES string of the molecule is CC(N)c1ccnc(-c2cn[nH]c2)n1. The Morgan fingerprint density at radius 2 is 2.36 bits per heavy atom. The highest BCUT2D eigenvalue weighted by atomic mass is 15.1. The molecule has 0 aliphatic rings. The van der Waals surface area contributed by atoms with E-state index in [0.717, 1.165) is 11.3 Å². The molecule has 2 aromatic rings. The van der Waals surface area contributed by atoms with Crippen molar-refractivity contribution in [3.63, 3.8) is 0 Å². The van der Waals surface area contributed by atoms with Gasteiger partial charge in [-0.2, -0.15) is 5.10 Å². The number of rotatable bonds is 2. The second-order valence-electron chi connectivity index (χ2n) is 3.08. The van der Waals surface area contributed by atoms with E-state index in [1.54, 1.807) is 18.6 Å². The fourth-order valence-corrected chi connectivity index (χ4v) is 1.14. The van der Waals surface area contributed by atoms with Gasteiger partial charge in [0.25, 0.3) is 0 Å². The number of aromatic amines is 1. The Kier molecular flexibility index (Phi) is 2.24. The molecule has 5 nitrogen and oxygen atoms in total. The molecule has 5 heteroatoms. The van der Waals surface area contributed by atoms with Gasteiger partial charge in [0.1, 0.15) is 0 Å². The molecule has 72 valence electrons. The summed E-state index contributed by atoms with van der Waals surface area (Å²) >= 11 is 0. The molecule has 0 bridgehead atoms. The maximum atomic E-state index is 5.72. The first kappa shape index (κ1) is 8.83. The van der Waals surface area contributed by atoms with Crippen LogP contribution in [0.5, 0.6) is 0 Å².